The van der Waals surface area contributed by atoms with Crippen LogP contribution in [0.3, 0.4) is 0 Å². The number of carboxylic acids is 1. The summed E-state index contributed by atoms with van der Waals surface area (Å²) in [5.41, 5.74) is 1.25. The van der Waals surface area contributed by atoms with Crippen molar-refractivity contribution in [3.8, 4) is 0 Å². The van der Waals surface area contributed by atoms with E-state index in [0.717, 1.165) is 5.69 Å². The first-order valence-electron chi connectivity index (χ1n) is 3.36. The normalized spacial score (nSPS) is 10.8. The lowest BCUT2D eigenvalue weighted by atomic mass is 10.5. The number of aromatic nitrogens is 2. The molecular weight excluding hydrogens is 160 g/mol. The molecule has 0 saturated heterocycles. The molecule has 0 aliphatic rings. The molecular formula is C7H6N2O3. The van der Waals surface area contributed by atoms with Crippen LogP contribution in [0.4, 0.5) is 0 Å². The molecule has 1 N–H and O–H groups in total. The fourth-order valence-corrected chi connectivity index (χ4v) is 1.01. The summed E-state index contributed by atoms with van der Waals surface area (Å²) >= 11 is 0. The minimum atomic E-state index is -1.09. The van der Waals surface area contributed by atoms with Gasteiger partial charge < -0.3 is 9.52 Å². The second kappa shape index (κ2) is 2.10. The van der Waals surface area contributed by atoms with Gasteiger partial charge in [0.1, 0.15) is 0 Å². The number of carbonyl (C=O) groups is 1. The predicted octanol–water partition coefficient (Wildman–Crippen LogP) is 0.934. The molecule has 12 heavy (non-hydrogen) atoms. The Balaban J connectivity index is 2.64. The Morgan fingerprint density at radius 2 is 2.50 bits per heavy atom. The fourth-order valence-electron chi connectivity index (χ4n) is 1.01. The van der Waals surface area contributed by atoms with Gasteiger partial charge in [-0.2, -0.15) is 5.10 Å². The number of rotatable bonds is 1. The van der Waals surface area contributed by atoms with Crippen molar-refractivity contribution in [1.82, 2.24) is 9.61 Å². The quantitative estimate of drug-likeness (QED) is 0.684. The summed E-state index contributed by atoms with van der Waals surface area (Å²) in [4.78, 5) is 10.4. The van der Waals surface area contributed by atoms with Crippen LogP contribution in [0, 0.1) is 6.92 Å². The lowest BCUT2D eigenvalue weighted by Gasteiger charge is -1.80. The van der Waals surface area contributed by atoms with Crippen LogP contribution in [-0.2, 0) is 0 Å². The van der Waals surface area contributed by atoms with Gasteiger partial charge in [0.15, 0.2) is 0 Å². The van der Waals surface area contributed by atoms with Crippen LogP contribution >= 0.6 is 0 Å². The number of fused-ring (bicyclic) bond motifs is 1. The van der Waals surface area contributed by atoms with Crippen LogP contribution in [0.25, 0.3) is 5.71 Å². The summed E-state index contributed by atoms with van der Waals surface area (Å²) in [6, 6.07) is 1.67. The molecule has 5 nitrogen and oxygen atoms in total. The van der Waals surface area contributed by atoms with Gasteiger partial charge in [-0.15, -0.1) is 0 Å². The smallest absolute Gasteiger partial charge is 0.373 e. The van der Waals surface area contributed by atoms with E-state index in [9.17, 15) is 4.79 Å². The second-order valence-electron chi connectivity index (χ2n) is 2.47. The van der Waals surface area contributed by atoms with Gasteiger partial charge in [0.25, 0.3) is 0 Å². The monoisotopic (exact) mass is 166 g/mol. The molecule has 0 unspecified atom stereocenters. The van der Waals surface area contributed by atoms with E-state index in [-0.39, 0.29) is 5.76 Å². The molecule has 2 rings (SSSR count). The molecule has 0 saturated carbocycles. The molecule has 0 spiro atoms. The number of aromatic carboxylic acids is 1. The van der Waals surface area contributed by atoms with Crippen LogP contribution in [0.5, 0.6) is 0 Å². The SMILES string of the molecule is Cc1cc2oc(C(=O)O)cn2n1. The molecule has 0 bridgehead atoms. The van der Waals surface area contributed by atoms with Gasteiger partial charge in [-0.1, -0.05) is 0 Å². The van der Waals surface area contributed by atoms with E-state index in [2.05, 4.69) is 5.10 Å². The zero-order valence-corrected chi connectivity index (χ0v) is 6.31. The lowest BCUT2D eigenvalue weighted by molar-refractivity contribution is 0.0665. The van der Waals surface area contributed by atoms with Crippen molar-refractivity contribution in [1.29, 1.82) is 0 Å². The van der Waals surface area contributed by atoms with E-state index in [1.54, 1.807) is 6.07 Å². The molecule has 0 amide bonds. The Morgan fingerprint density at radius 1 is 1.75 bits per heavy atom. The molecule has 0 aliphatic heterocycles. The largest absolute Gasteiger partial charge is 0.475 e. The zero-order valence-electron chi connectivity index (χ0n) is 6.31. The summed E-state index contributed by atoms with van der Waals surface area (Å²) in [6.07, 6.45) is 1.34. The fraction of sp³-hybridized carbons (Fsp3) is 0.143. The summed E-state index contributed by atoms with van der Waals surface area (Å²) in [5.74, 6) is -1.18. The third-order valence-corrected chi connectivity index (χ3v) is 1.49. The first kappa shape index (κ1) is 6.90. The number of hydrogen-bond acceptors (Lipinski definition) is 3. The van der Waals surface area contributed by atoms with Crippen molar-refractivity contribution in [2.45, 2.75) is 6.92 Å². The lowest BCUT2D eigenvalue weighted by Crippen LogP contribution is -1.92. The Labute approximate surface area is 67.2 Å². The van der Waals surface area contributed by atoms with Crippen LogP contribution in [0.2, 0.25) is 0 Å². The van der Waals surface area contributed by atoms with E-state index in [4.69, 9.17) is 9.52 Å². The number of hydrogen-bond donors (Lipinski definition) is 1. The number of aryl methyl sites for hydroxylation is 1. The predicted molar refractivity (Wildman–Crippen MR) is 39.2 cm³/mol. The van der Waals surface area contributed by atoms with Crippen LogP contribution in [0.15, 0.2) is 16.7 Å². The molecule has 0 aromatic carbocycles. The third-order valence-electron chi connectivity index (χ3n) is 1.49. The van der Waals surface area contributed by atoms with E-state index in [1.165, 1.54) is 10.7 Å². The highest BCUT2D eigenvalue weighted by Crippen LogP contribution is 2.10. The van der Waals surface area contributed by atoms with Crippen LogP contribution in [0.1, 0.15) is 16.2 Å². The van der Waals surface area contributed by atoms with Crippen molar-refractivity contribution in [3.05, 3.63) is 23.7 Å². The van der Waals surface area contributed by atoms with Gasteiger partial charge in [-0.25, -0.2) is 9.31 Å². The first-order valence-corrected chi connectivity index (χ1v) is 3.36. The van der Waals surface area contributed by atoms with Gasteiger partial charge in [0.2, 0.25) is 11.5 Å². The Kier molecular flexibility index (Phi) is 1.21. The summed E-state index contributed by atoms with van der Waals surface area (Å²) in [6.45, 7) is 1.81. The Morgan fingerprint density at radius 3 is 3.08 bits per heavy atom. The third kappa shape index (κ3) is 0.868. The van der Waals surface area contributed by atoms with Gasteiger partial charge in [-0.05, 0) is 6.92 Å². The van der Waals surface area contributed by atoms with Crippen molar-refractivity contribution in [3.63, 3.8) is 0 Å². The summed E-state index contributed by atoms with van der Waals surface area (Å²) in [7, 11) is 0. The van der Waals surface area contributed by atoms with Crippen molar-refractivity contribution in [2.75, 3.05) is 0 Å². The van der Waals surface area contributed by atoms with Crippen molar-refractivity contribution < 1.29 is 14.3 Å². The van der Waals surface area contributed by atoms with E-state index < -0.39 is 5.97 Å². The minimum Gasteiger partial charge on any atom is -0.475 e. The zero-order chi connectivity index (χ0) is 8.72. The molecule has 0 atom stereocenters. The van der Waals surface area contributed by atoms with Gasteiger partial charge >= 0.3 is 5.97 Å². The molecule has 0 aliphatic carbocycles. The highest BCUT2D eigenvalue weighted by molar-refractivity contribution is 5.84. The molecule has 5 heteroatoms. The number of nitrogens with zero attached hydrogens (tertiary/aromatic N) is 2. The van der Waals surface area contributed by atoms with Gasteiger partial charge in [-0.3, -0.25) is 0 Å². The number of oxazole rings is 1. The molecule has 2 heterocycles. The van der Waals surface area contributed by atoms with Crippen LogP contribution in [-0.4, -0.2) is 20.7 Å². The molecule has 0 fully saturated rings. The highest BCUT2D eigenvalue weighted by atomic mass is 16.4. The molecule has 2 aromatic rings. The maximum Gasteiger partial charge on any atom is 0.373 e. The van der Waals surface area contributed by atoms with Crippen molar-refractivity contribution in [2.24, 2.45) is 0 Å². The molecule has 62 valence electrons. The van der Waals surface area contributed by atoms with Gasteiger partial charge in [0, 0.05) is 6.07 Å². The first-order chi connectivity index (χ1) is 5.66. The maximum absolute atomic E-state index is 10.4. The summed E-state index contributed by atoms with van der Waals surface area (Å²) in [5, 5.41) is 12.5. The molecule has 2 aromatic heterocycles. The van der Waals surface area contributed by atoms with E-state index >= 15 is 0 Å². The average Bonchev–Trinajstić information content (AvgIpc) is 2.42. The topological polar surface area (TPSA) is 67.7 Å². The Bertz CT molecular complexity index is 409. The second-order valence-corrected chi connectivity index (χ2v) is 2.47. The van der Waals surface area contributed by atoms with Gasteiger partial charge in [0.05, 0.1) is 11.9 Å². The maximum atomic E-state index is 10.4. The molecule has 0 radical (unpaired) electrons. The minimum absolute atomic E-state index is 0.0995. The van der Waals surface area contributed by atoms with Crippen LogP contribution < -0.4 is 0 Å². The Hall–Kier alpha value is -1.78. The van der Waals surface area contributed by atoms with E-state index in [1.807, 2.05) is 6.92 Å². The highest BCUT2D eigenvalue weighted by Gasteiger charge is 2.11. The number of carboxylic acid groups (broad SMARTS) is 1. The van der Waals surface area contributed by atoms with E-state index in [0.29, 0.717) is 5.71 Å². The average molecular weight is 166 g/mol. The standard InChI is InChI=1S/C7H6N2O3/c1-4-2-6-9(8-4)3-5(12-6)7(10)11/h2-3H,1H3,(H,10,11). The van der Waals surface area contributed by atoms with Crippen molar-refractivity contribution >= 4 is 11.7 Å². The summed E-state index contributed by atoms with van der Waals surface area (Å²) < 4.78 is 6.35.